The maximum Gasteiger partial charge on any atom is 0.295 e. The van der Waals surface area contributed by atoms with Gasteiger partial charge in [0, 0.05) is 10.9 Å². The lowest BCUT2D eigenvalue weighted by molar-refractivity contribution is -0.383. The second-order valence-electron chi connectivity index (χ2n) is 4.49. The summed E-state index contributed by atoms with van der Waals surface area (Å²) in [6.45, 7) is 0. The molecule has 3 aromatic rings. The first-order valence-electron chi connectivity index (χ1n) is 6.30. The molecule has 0 aliphatic heterocycles. The van der Waals surface area contributed by atoms with Crippen LogP contribution in [0, 0.1) is 10.1 Å². The predicted molar refractivity (Wildman–Crippen MR) is 78.3 cm³/mol. The van der Waals surface area contributed by atoms with E-state index in [2.05, 4.69) is 4.98 Å². The largest absolute Gasteiger partial charge is 0.295 e. The zero-order valence-electron chi connectivity index (χ0n) is 10.9. The number of hydrogen-bond donors (Lipinski definition) is 0. The van der Waals surface area contributed by atoms with Crippen molar-refractivity contribution in [3.05, 3.63) is 82.2 Å². The number of nitro groups is 1. The average Bonchev–Trinajstić information content (AvgIpc) is 2.54. The quantitative estimate of drug-likeness (QED) is 0.418. The Morgan fingerprint density at radius 1 is 0.952 bits per heavy atom. The van der Waals surface area contributed by atoms with Crippen LogP contribution in [0.15, 0.2) is 60.8 Å². The molecule has 0 aliphatic carbocycles. The molecule has 0 N–H and O–H groups in total. The number of carbonyl (C=O) groups excluding carboxylic acids is 1. The highest BCUT2D eigenvalue weighted by atomic mass is 16.6. The fourth-order valence-electron chi connectivity index (χ4n) is 2.23. The van der Waals surface area contributed by atoms with Gasteiger partial charge in [0.15, 0.2) is 0 Å². The van der Waals surface area contributed by atoms with E-state index in [-0.39, 0.29) is 17.2 Å². The van der Waals surface area contributed by atoms with E-state index >= 15 is 0 Å². The number of ketones is 1. The summed E-state index contributed by atoms with van der Waals surface area (Å²) in [6.07, 6.45) is 1.14. The predicted octanol–water partition coefficient (Wildman–Crippen LogP) is 3.37. The second-order valence-corrected chi connectivity index (χ2v) is 4.49. The summed E-state index contributed by atoms with van der Waals surface area (Å²) in [5.41, 5.74) is 0.626. The minimum Gasteiger partial charge on any atom is -0.287 e. The molecule has 0 saturated heterocycles. The van der Waals surface area contributed by atoms with E-state index in [1.54, 1.807) is 48.5 Å². The van der Waals surface area contributed by atoms with Gasteiger partial charge in [0.1, 0.15) is 11.9 Å². The van der Waals surface area contributed by atoms with Crippen LogP contribution in [-0.2, 0) is 0 Å². The first-order valence-corrected chi connectivity index (χ1v) is 6.30. The minimum absolute atomic E-state index is 0.102. The molecule has 2 aromatic carbocycles. The molecule has 0 bridgehead atoms. The number of hydrogen-bond acceptors (Lipinski definition) is 4. The smallest absolute Gasteiger partial charge is 0.287 e. The van der Waals surface area contributed by atoms with Gasteiger partial charge in [0.25, 0.3) is 5.69 Å². The van der Waals surface area contributed by atoms with E-state index in [9.17, 15) is 14.9 Å². The third kappa shape index (κ3) is 2.25. The van der Waals surface area contributed by atoms with Gasteiger partial charge in [0.05, 0.1) is 10.3 Å². The van der Waals surface area contributed by atoms with E-state index in [0.717, 1.165) is 6.20 Å². The highest BCUT2D eigenvalue weighted by molar-refractivity contribution is 6.15. The van der Waals surface area contributed by atoms with E-state index in [1.165, 1.54) is 0 Å². The van der Waals surface area contributed by atoms with E-state index in [4.69, 9.17) is 0 Å². The van der Waals surface area contributed by atoms with Crippen LogP contribution in [0.2, 0.25) is 0 Å². The standard InChI is InChI=1S/C16H10N2O3/c19-16(11-6-2-1-3-7-11)15-13-9-5-4-8-12(13)14(10-17-15)18(20)21/h1-10H. The summed E-state index contributed by atoms with van der Waals surface area (Å²) in [7, 11) is 0. The maximum atomic E-state index is 12.5. The van der Waals surface area contributed by atoms with Gasteiger partial charge >= 0.3 is 0 Å². The van der Waals surface area contributed by atoms with Crippen molar-refractivity contribution in [2.45, 2.75) is 0 Å². The van der Waals surface area contributed by atoms with Gasteiger partial charge in [-0.2, -0.15) is 0 Å². The molecule has 1 aromatic heterocycles. The van der Waals surface area contributed by atoms with Crippen LogP contribution in [0.3, 0.4) is 0 Å². The number of carbonyl (C=O) groups is 1. The Bertz CT molecular complexity index is 845. The Kier molecular flexibility index (Phi) is 3.16. The summed E-state index contributed by atoms with van der Waals surface area (Å²) in [4.78, 5) is 27.1. The molecule has 0 fully saturated rings. The Hall–Kier alpha value is -3.08. The van der Waals surface area contributed by atoms with Crippen molar-refractivity contribution in [3.63, 3.8) is 0 Å². The van der Waals surface area contributed by atoms with E-state index in [0.29, 0.717) is 16.3 Å². The number of fused-ring (bicyclic) bond motifs is 1. The molecule has 0 atom stereocenters. The third-order valence-electron chi connectivity index (χ3n) is 3.22. The monoisotopic (exact) mass is 278 g/mol. The molecule has 3 rings (SSSR count). The zero-order valence-corrected chi connectivity index (χ0v) is 10.9. The average molecular weight is 278 g/mol. The van der Waals surface area contributed by atoms with Crippen LogP contribution in [0.1, 0.15) is 16.1 Å². The van der Waals surface area contributed by atoms with Crippen LogP contribution in [-0.4, -0.2) is 15.7 Å². The van der Waals surface area contributed by atoms with Gasteiger partial charge in [-0.25, -0.2) is 4.98 Å². The fourth-order valence-corrected chi connectivity index (χ4v) is 2.23. The maximum absolute atomic E-state index is 12.5. The van der Waals surface area contributed by atoms with Crippen molar-refractivity contribution in [3.8, 4) is 0 Å². The van der Waals surface area contributed by atoms with Crippen molar-refractivity contribution in [2.24, 2.45) is 0 Å². The number of benzene rings is 2. The molecule has 0 amide bonds. The molecule has 1 heterocycles. The Morgan fingerprint density at radius 3 is 2.24 bits per heavy atom. The second kappa shape index (κ2) is 5.13. The van der Waals surface area contributed by atoms with Crippen molar-refractivity contribution in [1.82, 2.24) is 4.98 Å². The molecule has 21 heavy (non-hydrogen) atoms. The van der Waals surface area contributed by atoms with Crippen molar-refractivity contribution >= 4 is 22.2 Å². The Balaban J connectivity index is 2.23. The highest BCUT2D eigenvalue weighted by Crippen LogP contribution is 2.27. The summed E-state index contributed by atoms with van der Waals surface area (Å²) in [6, 6.07) is 15.5. The number of rotatable bonds is 3. The minimum atomic E-state index is -0.494. The van der Waals surface area contributed by atoms with Gasteiger partial charge in [-0.1, -0.05) is 48.5 Å². The van der Waals surface area contributed by atoms with Gasteiger partial charge < -0.3 is 0 Å². The van der Waals surface area contributed by atoms with E-state index < -0.39 is 4.92 Å². The van der Waals surface area contributed by atoms with Crippen LogP contribution in [0.5, 0.6) is 0 Å². The molecule has 0 spiro atoms. The first-order chi connectivity index (χ1) is 10.2. The lowest BCUT2D eigenvalue weighted by Gasteiger charge is -2.05. The van der Waals surface area contributed by atoms with Gasteiger partial charge in [0.2, 0.25) is 5.78 Å². The number of nitrogens with zero attached hydrogens (tertiary/aromatic N) is 2. The first kappa shape index (κ1) is 12.9. The van der Waals surface area contributed by atoms with Crippen molar-refractivity contribution < 1.29 is 9.72 Å². The Labute approximate surface area is 120 Å². The molecule has 0 radical (unpaired) electrons. The SMILES string of the molecule is O=C(c1ccccc1)c1ncc([N+](=O)[O-])c2ccccc12. The molecule has 0 unspecified atom stereocenters. The zero-order chi connectivity index (χ0) is 14.8. The summed E-state index contributed by atoms with van der Waals surface area (Å²) >= 11 is 0. The third-order valence-corrected chi connectivity index (χ3v) is 3.22. The summed E-state index contributed by atoms with van der Waals surface area (Å²) < 4.78 is 0. The molecule has 102 valence electrons. The van der Waals surface area contributed by atoms with Crippen LogP contribution in [0.4, 0.5) is 5.69 Å². The lowest BCUT2D eigenvalue weighted by atomic mass is 10.0. The molecular weight excluding hydrogens is 268 g/mol. The highest BCUT2D eigenvalue weighted by Gasteiger charge is 2.19. The van der Waals surface area contributed by atoms with Crippen LogP contribution >= 0.6 is 0 Å². The van der Waals surface area contributed by atoms with Crippen LogP contribution in [0.25, 0.3) is 10.8 Å². The molecule has 0 saturated carbocycles. The van der Waals surface area contributed by atoms with Crippen LogP contribution < -0.4 is 0 Å². The topological polar surface area (TPSA) is 73.1 Å². The molecular formula is C16H10N2O3. The van der Waals surface area contributed by atoms with Crippen molar-refractivity contribution in [2.75, 3.05) is 0 Å². The van der Waals surface area contributed by atoms with Crippen molar-refractivity contribution in [1.29, 1.82) is 0 Å². The summed E-state index contributed by atoms with van der Waals surface area (Å²) in [5, 5.41) is 11.9. The lowest BCUT2D eigenvalue weighted by Crippen LogP contribution is -2.06. The summed E-state index contributed by atoms with van der Waals surface area (Å²) in [5.74, 6) is -0.248. The molecule has 5 heteroatoms. The van der Waals surface area contributed by atoms with E-state index in [1.807, 2.05) is 6.07 Å². The normalized spacial score (nSPS) is 10.5. The molecule has 0 aliphatic rings. The molecule has 5 nitrogen and oxygen atoms in total. The fraction of sp³-hybridized carbons (Fsp3) is 0. The number of aromatic nitrogens is 1. The number of pyridine rings is 1. The van der Waals surface area contributed by atoms with Gasteiger partial charge in [-0.15, -0.1) is 0 Å². The van der Waals surface area contributed by atoms with Gasteiger partial charge in [-0.05, 0) is 6.07 Å². The Morgan fingerprint density at radius 2 is 1.57 bits per heavy atom. The van der Waals surface area contributed by atoms with Gasteiger partial charge in [-0.3, -0.25) is 14.9 Å².